The van der Waals surface area contributed by atoms with E-state index in [1.54, 1.807) is 43.8 Å². The van der Waals surface area contributed by atoms with Crippen LogP contribution >= 0.6 is 0 Å². The molecular formula is C20H22FN4O3. The van der Waals surface area contributed by atoms with E-state index in [9.17, 15) is 9.18 Å². The maximum Gasteiger partial charge on any atom is 0.254 e. The summed E-state index contributed by atoms with van der Waals surface area (Å²) in [6, 6.07) is 4.95. The number of ether oxygens (including phenoxy) is 2. The summed E-state index contributed by atoms with van der Waals surface area (Å²) in [4.78, 5) is 14.4. The van der Waals surface area contributed by atoms with Crippen molar-refractivity contribution in [2.75, 3.05) is 19.7 Å². The normalized spacial score (nSPS) is 21.6. The van der Waals surface area contributed by atoms with Crippen LogP contribution in [0, 0.1) is 12.4 Å². The van der Waals surface area contributed by atoms with Gasteiger partial charge in [-0.3, -0.25) is 4.79 Å². The second kappa shape index (κ2) is 7.44. The molecule has 0 saturated carbocycles. The summed E-state index contributed by atoms with van der Waals surface area (Å²) in [5.41, 5.74) is 2.12. The second-order valence-corrected chi connectivity index (χ2v) is 7.30. The fourth-order valence-corrected chi connectivity index (χ4v) is 3.52. The summed E-state index contributed by atoms with van der Waals surface area (Å²) in [6.45, 7) is 6.48. The lowest BCUT2D eigenvalue weighted by molar-refractivity contribution is -0.159. The first-order valence-corrected chi connectivity index (χ1v) is 9.22. The Morgan fingerprint density at radius 1 is 1.39 bits per heavy atom. The maximum atomic E-state index is 14.6. The Kier molecular flexibility index (Phi) is 4.99. The van der Waals surface area contributed by atoms with Crippen LogP contribution in [0.1, 0.15) is 31.4 Å². The van der Waals surface area contributed by atoms with E-state index in [0.717, 1.165) is 5.57 Å². The smallest absolute Gasteiger partial charge is 0.254 e. The molecule has 1 radical (unpaired) electrons. The minimum atomic E-state index is -0.740. The molecule has 147 valence electrons. The maximum absolute atomic E-state index is 14.6. The van der Waals surface area contributed by atoms with Gasteiger partial charge in [0.25, 0.3) is 5.91 Å². The molecule has 0 N–H and O–H groups in total. The van der Waals surface area contributed by atoms with Gasteiger partial charge in [0.2, 0.25) is 0 Å². The lowest BCUT2D eigenvalue weighted by Crippen LogP contribution is -2.43. The van der Waals surface area contributed by atoms with Crippen molar-refractivity contribution in [3.8, 4) is 0 Å². The van der Waals surface area contributed by atoms with Gasteiger partial charge in [-0.05, 0) is 37.5 Å². The molecule has 0 bridgehead atoms. The summed E-state index contributed by atoms with van der Waals surface area (Å²) < 4.78 is 27.3. The van der Waals surface area contributed by atoms with Gasteiger partial charge in [-0.1, -0.05) is 23.4 Å². The Morgan fingerprint density at radius 3 is 2.89 bits per heavy atom. The van der Waals surface area contributed by atoms with Crippen molar-refractivity contribution in [2.45, 2.75) is 32.2 Å². The fraction of sp³-hybridized carbons (Fsp3) is 0.400. The van der Waals surface area contributed by atoms with Gasteiger partial charge in [0.1, 0.15) is 12.4 Å². The second-order valence-electron chi connectivity index (χ2n) is 7.30. The van der Waals surface area contributed by atoms with Gasteiger partial charge >= 0.3 is 0 Å². The van der Waals surface area contributed by atoms with Crippen LogP contribution in [0.25, 0.3) is 5.57 Å². The van der Waals surface area contributed by atoms with E-state index in [1.165, 1.54) is 10.7 Å². The number of carbonyl (C=O) groups excluding carboxylic acids is 1. The molecule has 1 aromatic heterocycles. The molecule has 4 rings (SSSR count). The van der Waals surface area contributed by atoms with E-state index in [4.69, 9.17) is 9.47 Å². The first-order chi connectivity index (χ1) is 13.4. The number of nitrogens with zero attached hydrogens (tertiary/aromatic N) is 4. The lowest BCUT2D eigenvalue weighted by Gasteiger charge is -2.29. The van der Waals surface area contributed by atoms with Gasteiger partial charge in [-0.25, -0.2) is 9.07 Å². The fourth-order valence-electron chi connectivity index (χ4n) is 3.52. The zero-order valence-corrected chi connectivity index (χ0v) is 15.8. The Morgan fingerprint density at radius 2 is 2.25 bits per heavy atom. The molecule has 28 heavy (non-hydrogen) atoms. The van der Waals surface area contributed by atoms with Gasteiger partial charge < -0.3 is 14.4 Å². The summed E-state index contributed by atoms with van der Waals surface area (Å²) in [7, 11) is 0. The molecule has 0 unspecified atom stereocenters. The predicted octanol–water partition coefficient (Wildman–Crippen LogP) is 2.24. The van der Waals surface area contributed by atoms with Crippen LogP contribution in [0.2, 0.25) is 0 Å². The SMILES string of the molecule is CC1(C)OC[C@@H](C(=O)N2CC=C(c3c(F)cccc3[CH]n3ccnn3)CC2)O1. The number of amides is 1. The minimum Gasteiger partial charge on any atom is -0.347 e. The van der Waals surface area contributed by atoms with Gasteiger partial charge in [0.05, 0.1) is 12.8 Å². The molecule has 2 aliphatic rings. The van der Waals surface area contributed by atoms with Gasteiger partial charge in [-0.15, -0.1) is 5.10 Å². The zero-order valence-electron chi connectivity index (χ0n) is 15.8. The number of hydrogen-bond acceptors (Lipinski definition) is 5. The van der Waals surface area contributed by atoms with Crippen molar-refractivity contribution in [3.63, 3.8) is 0 Å². The molecular weight excluding hydrogens is 363 g/mol. The van der Waals surface area contributed by atoms with E-state index in [-0.39, 0.29) is 18.3 Å². The van der Waals surface area contributed by atoms with Crippen LogP contribution in [-0.4, -0.2) is 57.4 Å². The summed E-state index contributed by atoms with van der Waals surface area (Å²) in [6.07, 6.45) is 5.13. The molecule has 8 heteroatoms. The van der Waals surface area contributed by atoms with Gasteiger partial charge in [0, 0.05) is 24.8 Å². The highest BCUT2D eigenvalue weighted by Gasteiger charge is 2.39. The van der Waals surface area contributed by atoms with E-state index in [0.29, 0.717) is 30.6 Å². The molecule has 1 saturated heterocycles. The first-order valence-electron chi connectivity index (χ1n) is 9.22. The lowest BCUT2D eigenvalue weighted by atomic mass is 9.94. The zero-order chi connectivity index (χ0) is 19.7. The Labute approximate surface area is 162 Å². The average Bonchev–Trinajstić information content (AvgIpc) is 3.31. The molecule has 0 spiro atoms. The van der Waals surface area contributed by atoms with E-state index in [2.05, 4.69) is 10.3 Å². The number of halogens is 1. The van der Waals surface area contributed by atoms with Gasteiger partial charge in [-0.2, -0.15) is 0 Å². The third-order valence-electron chi connectivity index (χ3n) is 4.88. The highest BCUT2D eigenvalue weighted by molar-refractivity contribution is 5.83. The minimum absolute atomic E-state index is 0.0937. The van der Waals surface area contributed by atoms with Crippen LogP contribution in [0.15, 0.2) is 36.7 Å². The van der Waals surface area contributed by atoms with Crippen molar-refractivity contribution < 1.29 is 18.7 Å². The van der Waals surface area contributed by atoms with Crippen molar-refractivity contribution >= 4 is 11.5 Å². The van der Waals surface area contributed by atoms with E-state index < -0.39 is 11.9 Å². The van der Waals surface area contributed by atoms with Crippen molar-refractivity contribution in [1.82, 2.24) is 19.9 Å². The Hall–Kier alpha value is -2.58. The molecule has 0 aliphatic carbocycles. The third kappa shape index (κ3) is 3.83. The van der Waals surface area contributed by atoms with Crippen molar-refractivity contribution in [1.29, 1.82) is 0 Å². The highest BCUT2D eigenvalue weighted by atomic mass is 19.1. The monoisotopic (exact) mass is 385 g/mol. The van der Waals surface area contributed by atoms with E-state index in [1.807, 2.05) is 12.1 Å². The summed E-state index contributed by atoms with van der Waals surface area (Å²) >= 11 is 0. The van der Waals surface area contributed by atoms with Gasteiger partial charge in [0.15, 0.2) is 11.9 Å². The highest BCUT2D eigenvalue weighted by Crippen LogP contribution is 2.30. The van der Waals surface area contributed by atoms with Crippen molar-refractivity contribution in [3.05, 3.63) is 60.2 Å². The Bertz CT molecular complexity index is 895. The van der Waals surface area contributed by atoms with Crippen LogP contribution in [0.4, 0.5) is 4.39 Å². The number of benzene rings is 1. The Balaban J connectivity index is 1.50. The molecule has 1 fully saturated rings. The van der Waals surface area contributed by atoms with Crippen LogP contribution in [0.5, 0.6) is 0 Å². The molecule has 3 heterocycles. The third-order valence-corrected chi connectivity index (χ3v) is 4.88. The van der Waals surface area contributed by atoms with Crippen LogP contribution in [-0.2, 0) is 14.3 Å². The molecule has 1 amide bonds. The number of hydrogen-bond donors (Lipinski definition) is 0. The molecule has 2 aromatic rings. The molecule has 7 nitrogen and oxygen atoms in total. The standard InChI is InChI=1S/C20H22FN4O3/c1-20(2)27-13-17(28-20)19(26)24-9-6-14(7-10-24)18-15(4-3-5-16(18)21)12-25-11-8-22-23-25/h3-6,8,11-12,17H,7,9-10,13H2,1-2H3/t17-/m0/s1. The van der Waals surface area contributed by atoms with E-state index >= 15 is 0 Å². The van der Waals surface area contributed by atoms with Crippen LogP contribution < -0.4 is 0 Å². The summed E-state index contributed by atoms with van der Waals surface area (Å²) in [5.74, 6) is -1.13. The van der Waals surface area contributed by atoms with Crippen molar-refractivity contribution in [2.24, 2.45) is 0 Å². The first kappa shape index (κ1) is 18.8. The summed E-state index contributed by atoms with van der Waals surface area (Å²) in [5, 5.41) is 7.68. The van der Waals surface area contributed by atoms with Crippen LogP contribution in [0.3, 0.4) is 0 Å². The number of aromatic nitrogens is 3. The number of carbonyl (C=O) groups is 1. The molecule has 1 atom stereocenters. The average molecular weight is 385 g/mol. The largest absolute Gasteiger partial charge is 0.347 e. The number of rotatable bonds is 4. The molecule has 1 aromatic carbocycles. The predicted molar refractivity (Wildman–Crippen MR) is 99.3 cm³/mol. The molecule has 2 aliphatic heterocycles. The quantitative estimate of drug-likeness (QED) is 0.807. The topological polar surface area (TPSA) is 69.5 Å².